The molecule has 3 rings (SSSR count). The van der Waals surface area contributed by atoms with Crippen LogP contribution in [0.1, 0.15) is 46.2 Å². The Bertz CT molecular complexity index is 909. The standard InChI is InChI=1S/C19H19NO4S/c1-3-4-10-24-19(22)16-14-7-5-6-8-15(14)25-18(16)20-17(21)13-9-11-23-12(13)2/h5-9,11H,3-4,10H2,1-2H3,(H,20,21). The predicted octanol–water partition coefficient (Wildman–Crippen LogP) is 5.01. The Labute approximate surface area is 149 Å². The Hall–Kier alpha value is -2.60. The van der Waals surface area contributed by atoms with Crippen molar-refractivity contribution in [3.8, 4) is 0 Å². The summed E-state index contributed by atoms with van der Waals surface area (Å²) < 4.78 is 11.5. The van der Waals surface area contributed by atoms with Gasteiger partial charge < -0.3 is 14.5 Å². The Balaban J connectivity index is 1.94. The molecule has 2 aromatic heterocycles. The highest BCUT2D eigenvalue weighted by molar-refractivity contribution is 7.23. The molecule has 0 saturated carbocycles. The van der Waals surface area contributed by atoms with Gasteiger partial charge >= 0.3 is 5.97 Å². The summed E-state index contributed by atoms with van der Waals surface area (Å²) >= 11 is 1.36. The molecule has 0 saturated heterocycles. The summed E-state index contributed by atoms with van der Waals surface area (Å²) in [4.78, 5) is 25.1. The van der Waals surface area contributed by atoms with Crippen molar-refractivity contribution in [1.82, 2.24) is 0 Å². The van der Waals surface area contributed by atoms with Gasteiger partial charge in [-0.05, 0) is 25.5 Å². The number of hydrogen-bond donors (Lipinski definition) is 1. The van der Waals surface area contributed by atoms with Crippen LogP contribution < -0.4 is 5.32 Å². The van der Waals surface area contributed by atoms with Gasteiger partial charge in [-0.1, -0.05) is 31.5 Å². The molecule has 130 valence electrons. The number of fused-ring (bicyclic) bond motifs is 1. The normalized spacial score (nSPS) is 10.8. The number of rotatable bonds is 6. The zero-order valence-corrected chi connectivity index (χ0v) is 14.9. The number of unbranched alkanes of at least 4 members (excludes halogenated alkanes) is 1. The minimum Gasteiger partial charge on any atom is -0.469 e. The molecule has 0 unspecified atom stereocenters. The fourth-order valence-corrected chi connectivity index (χ4v) is 3.59. The molecular weight excluding hydrogens is 338 g/mol. The second-order valence-electron chi connectivity index (χ2n) is 5.64. The molecule has 0 spiro atoms. The van der Waals surface area contributed by atoms with Crippen LogP contribution in [0.25, 0.3) is 10.1 Å². The second-order valence-corrected chi connectivity index (χ2v) is 6.69. The van der Waals surface area contributed by atoms with E-state index >= 15 is 0 Å². The summed E-state index contributed by atoms with van der Waals surface area (Å²) in [6, 6.07) is 9.15. The molecule has 1 amide bonds. The third kappa shape index (κ3) is 3.58. The smallest absolute Gasteiger partial charge is 0.341 e. The Morgan fingerprint density at radius 3 is 2.76 bits per heavy atom. The number of nitrogens with one attached hydrogen (secondary N) is 1. The maximum Gasteiger partial charge on any atom is 0.341 e. The SMILES string of the molecule is CCCCOC(=O)c1c(NC(=O)c2ccoc2C)sc2ccccc12. The van der Waals surface area contributed by atoms with E-state index in [1.165, 1.54) is 17.6 Å². The minimum absolute atomic E-state index is 0.305. The van der Waals surface area contributed by atoms with E-state index in [1.807, 2.05) is 31.2 Å². The van der Waals surface area contributed by atoms with Crippen molar-refractivity contribution in [2.45, 2.75) is 26.7 Å². The highest BCUT2D eigenvalue weighted by atomic mass is 32.1. The number of aryl methyl sites for hydroxylation is 1. The number of carbonyl (C=O) groups is 2. The number of hydrogen-bond acceptors (Lipinski definition) is 5. The quantitative estimate of drug-likeness (QED) is 0.497. The molecule has 0 atom stereocenters. The van der Waals surface area contributed by atoms with Gasteiger partial charge in [0, 0.05) is 10.1 Å². The first-order valence-corrected chi connectivity index (χ1v) is 8.97. The summed E-state index contributed by atoms with van der Waals surface area (Å²) in [5, 5.41) is 4.11. The lowest BCUT2D eigenvalue weighted by molar-refractivity contribution is 0.0503. The van der Waals surface area contributed by atoms with E-state index < -0.39 is 5.97 Å². The molecule has 1 aromatic carbocycles. The average molecular weight is 357 g/mol. The van der Waals surface area contributed by atoms with Gasteiger partial charge in [-0.25, -0.2) is 4.79 Å². The minimum atomic E-state index is -0.412. The van der Waals surface area contributed by atoms with Crippen molar-refractivity contribution in [3.05, 3.63) is 53.5 Å². The second kappa shape index (κ2) is 7.53. The number of anilines is 1. The number of amides is 1. The first-order chi connectivity index (χ1) is 12.1. The van der Waals surface area contributed by atoms with Crippen LogP contribution in [0.3, 0.4) is 0 Å². The Kier molecular flexibility index (Phi) is 5.19. The first kappa shape index (κ1) is 17.2. The van der Waals surface area contributed by atoms with Crippen molar-refractivity contribution in [2.24, 2.45) is 0 Å². The highest BCUT2D eigenvalue weighted by Gasteiger charge is 2.23. The zero-order chi connectivity index (χ0) is 17.8. The Morgan fingerprint density at radius 2 is 2.04 bits per heavy atom. The van der Waals surface area contributed by atoms with Crippen molar-refractivity contribution >= 4 is 38.3 Å². The lowest BCUT2D eigenvalue weighted by Gasteiger charge is -2.07. The zero-order valence-electron chi connectivity index (χ0n) is 14.1. The number of benzene rings is 1. The van der Waals surface area contributed by atoms with Crippen LogP contribution in [-0.4, -0.2) is 18.5 Å². The van der Waals surface area contributed by atoms with Crippen LogP contribution in [0.5, 0.6) is 0 Å². The van der Waals surface area contributed by atoms with Gasteiger partial charge in [-0.2, -0.15) is 0 Å². The molecule has 0 aliphatic carbocycles. The average Bonchev–Trinajstić information content (AvgIpc) is 3.18. The fraction of sp³-hybridized carbons (Fsp3) is 0.263. The van der Waals surface area contributed by atoms with Gasteiger partial charge in [0.1, 0.15) is 16.3 Å². The number of carbonyl (C=O) groups excluding carboxylic acids is 2. The van der Waals surface area contributed by atoms with E-state index in [0.717, 1.165) is 22.9 Å². The molecule has 0 radical (unpaired) electrons. The van der Waals surface area contributed by atoms with E-state index in [1.54, 1.807) is 13.0 Å². The first-order valence-electron chi connectivity index (χ1n) is 8.16. The van der Waals surface area contributed by atoms with Crippen molar-refractivity contribution in [2.75, 3.05) is 11.9 Å². The monoisotopic (exact) mass is 357 g/mol. The van der Waals surface area contributed by atoms with Gasteiger partial charge in [-0.15, -0.1) is 11.3 Å². The summed E-state index contributed by atoms with van der Waals surface area (Å²) in [5.41, 5.74) is 0.856. The molecule has 0 aliphatic rings. The summed E-state index contributed by atoms with van der Waals surface area (Å²) in [6.07, 6.45) is 3.22. The molecule has 0 aliphatic heterocycles. The van der Waals surface area contributed by atoms with Crippen LogP contribution in [0.2, 0.25) is 0 Å². The largest absolute Gasteiger partial charge is 0.469 e. The third-order valence-electron chi connectivity index (χ3n) is 3.86. The predicted molar refractivity (Wildman–Crippen MR) is 98.4 cm³/mol. The molecule has 2 heterocycles. The molecule has 3 aromatic rings. The van der Waals surface area contributed by atoms with E-state index in [-0.39, 0.29) is 5.91 Å². The van der Waals surface area contributed by atoms with Crippen LogP contribution in [0.4, 0.5) is 5.00 Å². The van der Waals surface area contributed by atoms with E-state index in [9.17, 15) is 9.59 Å². The fourth-order valence-electron chi connectivity index (χ4n) is 2.51. The van der Waals surface area contributed by atoms with Crippen molar-refractivity contribution in [3.63, 3.8) is 0 Å². The highest BCUT2D eigenvalue weighted by Crippen LogP contribution is 2.36. The summed E-state index contributed by atoms with van der Waals surface area (Å²) in [7, 11) is 0. The van der Waals surface area contributed by atoms with Gasteiger partial charge in [0.25, 0.3) is 5.91 Å². The molecular formula is C19H19NO4S. The van der Waals surface area contributed by atoms with E-state index in [0.29, 0.717) is 28.5 Å². The van der Waals surface area contributed by atoms with Crippen LogP contribution in [-0.2, 0) is 4.74 Å². The Morgan fingerprint density at radius 1 is 1.24 bits per heavy atom. The molecule has 0 bridgehead atoms. The molecule has 1 N–H and O–H groups in total. The maximum atomic E-state index is 12.6. The lowest BCUT2D eigenvalue weighted by Crippen LogP contribution is -2.15. The van der Waals surface area contributed by atoms with Gasteiger partial charge in [0.05, 0.1) is 18.4 Å². The van der Waals surface area contributed by atoms with Gasteiger partial charge in [-0.3, -0.25) is 4.79 Å². The van der Waals surface area contributed by atoms with Crippen molar-refractivity contribution < 1.29 is 18.7 Å². The lowest BCUT2D eigenvalue weighted by atomic mass is 10.1. The van der Waals surface area contributed by atoms with Crippen LogP contribution >= 0.6 is 11.3 Å². The topological polar surface area (TPSA) is 68.5 Å². The third-order valence-corrected chi connectivity index (χ3v) is 4.95. The van der Waals surface area contributed by atoms with Crippen LogP contribution in [0.15, 0.2) is 41.0 Å². The molecule has 0 fully saturated rings. The molecule has 25 heavy (non-hydrogen) atoms. The van der Waals surface area contributed by atoms with Crippen LogP contribution in [0, 0.1) is 6.92 Å². The van der Waals surface area contributed by atoms with Gasteiger partial charge in [0.15, 0.2) is 0 Å². The number of esters is 1. The summed E-state index contributed by atoms with van der Waals surface area (Å²) in [5.74, 6) is -0.184. The molecule has 6 heteroatoms. The van der Waals surface area contributed by atoms with Crippen molar-refractivity contribution in [1.29, 1.82) is 0 Å². The number of ether oxygens (including phenoxy) is 1. The van der Waals surface area contributed by atoms with E-state index in [2.05, 4.69) is 5.32 Å². The number of thiophene rings is 1. The number of furan rings is 1. The maximum absolute atomic E-state index is 12.6. The van der Waals surface area contributed by atoms with Gasteiger partial charge in [0.2, 0.25) is 0 Å². The van der Waals surface area contributed by atoms with E-state index in [4.69, 9.17) is 9.15 Å². The molecule has 5 nitrogen and oxygen atoms in total. The summed E-state index contributed by atoms with van der Waals surface area (Å²) in [6.45, 7) is 4.13.